The minimum atomic E-state index is 0.0106. The van der Waals surface area contributed by atoms with Gasteiger partial charge < -0.3 is 0 Å². The minimum Gasteiger partial charge on any atom is -0.255 e. The van der Waals surface area contributed by atoms with Gasteiger partial charge in [0.15, 0.2) is 17.5 Å². The molecular weight excluding hydrogens is 717 g/mol. The van der Waals surface area contributed by atoms with Crippen LogP contribution in [0.5, 0.6) is 0 Å². The largest absolute Gasteiger partial charge is 0.255 e. The van der Waals surface area contributed by atoms with Crippen molar-refractivity contribution < 1.29 is 0 Å². The maximum atomic E-state index is 5.16. The maximum absolute atomic E-state index is 5.16. The summed E-state index contributed by atoms with van der Waals surface area (Å²) in [6, 6.07) is 58.2. The van der Waals surface area contributed by atoms with Gasteiger partial charge in [-0.1, -0.05) is 163 Å². The van der Waals surface area contributed by atoms with E-state index in [1.807, 2.05) is 6.20 Å². The molecule has 0 saturated carbocycles. The molecule has 1 aliphatic carbocycles. The molecule has 2 heterocycles. The summed E-state index contributed by atoms with van der Waals surface area (Å²) in [7, 11) is 0. The molecule has 9 aromatic rings. The van der Waals surface area contributed by atoms with E-state index in [0.717, 1.165) is 50.2 Å². The molecule has 4 heteroatoms. The predicted octanol–water partition coefficient (Wildman–Crippen LogP) is 14.2. The molecule has 59 heavy (non-hydrogen) atoms. The molecule has 2 aromatic heterocycles. The molecule has 1 aliphatic rings. The van der Waals surface area contributed by atoms with Crippen molar-refractivity contribution >= 4 is 21.5 Å². The second-order valence-corrected chi connectivity index (χ2v) is 17.7. The summed E-state index contributed by atoms with van der Waals surface area (Å²) >= 11 is 0. The molecule has 7 aromatic carbocycles. The number of benzene rings is 7. The first-order valence-corrected chi connectivity index (χ1v) is 20.5. The molecule has 0 unspecified atom stereocenters. The molecular formula is C55H46N4. The van der Waals surface area contributed by atoms with Crippen LogP contribution in [0.2, 0.25) is 0 Å². The van der Waals surface area contributed by atoms with Crippen LogP contribution in [0.25, 0.3) is 89.2 Å². The number of hydrogen-bond donors (Lipinski definition) is 0. The fourth-order valence-electron chi connectivity index (χ4n) is 9.09. The molecule has 10 rings (SSSR count). The van der Waals surface area contributed by atoms with Gasteiger partial charge in [0, 0.05) is 28.5 Å². The van der Waals surface area contributed by atoms with Gasteiger partial charge in [0.05, 0.1) is 5.69 Å². The standard InChI is InChI=1S/C55H46N4/c1-53(2)47-27-25-43(33-48(47)54(3,4)55(53,5)6)49-28-26-46(34-56-49)52-58-50(44-19-11-17-39(31-44)41-23-21-35-13-7-9-15-37(35)29-41)57-51(59-52)45-20-12-18-40(32-45)42-24-22-36-14-8-10-16-38(36)30-42/h7-34H,1-6H3. The smallest absolute Gasteiger partial charge is 0.165 e. The second-order valence-electron chi connectivity index (χ2n) is 17.7. The molecule has 0 atom stereocenters. The average Bonchev–Trinajstić information content (AvgIpc) is 3.38. The molecule has 0 N–H and O–H groups in total. The van der Waals surface area contributed by atoms with E-state index in [0.29, 0.717) is 17.5 Å². The van der Waals surface area contributed by atoms with Crippen LogP contribution in [0.4, 0.5) is 0 Å². The monoisotopic (exact) mass is 762 g/mol. The third-order valence-electron chi connectivity index (χ3n) is 13.9. The van der Waals surface area contributed by atoms with Gasteiger partial charge in [-0.15, -0.1) is 0 Å². The second kappa shape index (κ2) is 13.7. The summed E-state index contributed by atoms with van der Waals surface area (Å²) in [5.74, 6) is 1.80. The van der Waals surface area contributed by atoms with Gasteiger partial charge in [-0.3, -0.25) is 4.98 Å². The lowest BCUT2D eigenvalue weighted by Crippen LogP contribution is -2.42. The van der Waals surface area contributed by atoms with Crippen molar-refractivity contribution in [3.63, 3.8) is 0 Å². The summed E-state index contributed by atoms with van der Waals surface area (Å²) in [6.07, 6.45) is 1.90. The SMILES string of the molecule is CC1(C)c2ccc(-c3ccc(-c4nc(-c5cccc(-c6ccc7ccccc7c6)c5)nc(-c5cccc(-c6ccc7ccccc7c6)c5)n4)cn3)cc2C(C)(C)C1(C)C. The molecule has 4 nitrogen and oxygen atoms in total. The zero-order valence-electron chi connectivity index (χ0n) is 34.5. The zero-order valence-corrected chi connectivity index (χ0v) is 34.5. The molecule has 0 radical (unpaired) electrons. The molecule has 0 amide bonds. The Balaban J connectivity index is 1.06. The molecule has 0 aliphatic heterocycles. The number of pyridine rings is 1. The first-order chi connectivity index (χ1) is 28.5. The van der Waals surface area contributed by atoms with Crippen LogP contribution < -0.4 is 0 Å². The average molecular weight is 763 g/mol. The van der Waals surface area contributed by atoms with Crippen molar-refractivity contribution in [2.45, 2.75) is 52.4 Å². The minimum absolute atomic E-state index is 0.0106. The van der Waals surface area contributed by atoms with Gasteiger partial charge in [0.2, 0.25) is 0 Å². The fraction of sp³-hybridized carbons (Fsp3) is 0.164. The van der Waals surface area contributed by atoms with Crippen LogP contribution in [-0.2, 0) is 10.8 Å². The number of fused-ring (bicyclic) bond motifs is 3. The quantitative estimate of drug-likeness (QED) is 0.169. The number of aromatic nitrogens is 4. The fourth-order valence-corrected chi connectivity index (χ4v) is 9.09. The van der Waals surface area contributed by atoms with Crippen LogP contribution in [0, 0.1) is 5.41 Å². The van der Waals surface area contributed by atoms with Gasteiger partial charge in [0.1, 0.15) is 0 Å². The van der Waals surface area contributed by atoms with Crippen molar-refractivity contribution in [1.82, 2.24) is 19.9 Å². The Hall–Kier alpha value is -6.78. The van der Waals surface area contributed by atoms with Gasteiger partial charge in [-0.05, 0) is 114 Å². The summed E-state index contributed by atoms with van der Waals surface area (Å²) in [4.78, 5) is 20.5. The van der Waals surface area contributed by atoms with E-state index in [1.165, 1.54) is 32.7 Å². The van der Waals surface area contributed by atoms with Gasteiger partial charge >= 0.3 is 0 Å². The normalized spacial score (nSPS) is 15.0. The molecule has 0 saturated heterocycles. The van der Waals surface area contributed by atoms with E-state index >= 15 is 0 Å². The Labute approximate surface area is 346 Å². The van der Waals surface area contributed by atoms with Crippen molar-refractivity contribution in [3.05, 3.63) is 181 Å². The third-order valence-corrected chi connectivity index (χ3v) is 13.9. The number of hydrogen-bond acceptors (Lipinski definition) is 4. The van der Waals surface area contributed by atoms with Crippen molar-refractivity contribution in [3.8, 4) is 67.7 Å². The van der Waals surface area contributed by atoms with E-state index in [9.17, 15) is 0 Å². The summed E-state index contributed by atoms with van der Waals surface area (Å²) in [6.45, 7) is 14.3. The van der Waals surface area contributed by atoms with Crippen molar-refractivity contribution in [2.75, 3.05) is 0 Å². The highest BCUT2D eigenvalue weighted by Crippen LogP contribution is 2.61. The first-order valence-electron chi connectivity index (χ1n) is 20.5. The lowest BCUT2D eigenvalue weighted by molar-refractivity contribution is 0.125. The summed E-state index contributed by atoms with van der Waals surface area (Å²) in [5, 5.41) is 4.85. The van der Waals surface area contributed by atoms with E-state index in [1.54, 1.807) is 0 Å². The van der Waals surface area contributed by atoms with Crippen LogP contribution in [0.1, 0.15) is 52.7 Å². The molecule has 286 valence electrons. The zero-order chi connectivity index (χ0) is 40.5. The van der Waals surface area contributed by atoms with Crippen LogP contribution in [-0.4, -0.2) is 19.9 Å². The summed E-state index contributed by atoms with van der Waals surface area (Å²) < 4.78 is 0. The lowest BCUT2D eigenvalue weighted by atomic mass is 9.59. The van der Waals surface area contributed by atoms with Crippen LogP contribution in [0.15, 0.2) is 170 Å². The highest BCUT2D eigenvalue weighted by Gasteiger charge is 2.56. The van der Waals surface area contributed by atoms with Gasteiger partial charge in [-0.2, -0.15) is 0 Å². The van der Waals surface area contributed by atoms with E-state index < -0.39 is 0 Å². The number of nitrogens with zero attached hydrogens (tertiary/aromatic N) is 4. The van der Waals surface area contributed by atoms with E-state index in [2.05, 4.69) is 205 Å². The first kappa shape index (κ1) is 36.6. The molecule has 0 fully saturated rings. The predicted molar refractivity (Wildman–Crippen MR) is 245 cm³/mol. The topological polar surface area (TPSA) is 51.6 Å². The lowest BCUT2D eigenvalue weighted by Gasteiger charge is -2.44. The highest BCUT2D eigenvalue weighted by molar-refractivity contribution is 5.89. The Morgan fingerprint density at radius 1 is 0.322 bits per heavy atom. The molecule has 0 spiro atoms. The van der Waals surface area contributed by atoms with Crippen molar-refractivity contribution in [1.29, 1.82) is 0 Å². The van der Waals surface area contributed by atoms with Gasteiger partial charge in [0.25, 0.3) is 0 Å². The Morgan fingerprint density at radius 3 is 1.29 bits per heavy atom. The van der Waals surface area contributed by atoms with Crippen LogP contribution >= 0.6 is 0 Å². The Kier molecular flexibility index (Phi) is 8.47. The van der Waals surface area contributed by atoms with Crippen LogP contribution in [0.3, 0.4) is 0 Å². The van der Waals surface area contributed by atoms with E-state index in [-0.39, 0.29) is 16.2 Å². The third kappa shape index (κ3) is 6.13. The Morgan fingerprint density at radius 2 is 0.763 bits per heavy atom. The highest BCUT2D eigenvalue weighted by atomic mass is 15.0. The summed E-state index contributed by atoms with van der Waals surface area (Å²) in [5.41, 5.74) is 12.2. The van der Waals surface area contributed by atoms with Crippen molar-refractivity contribution in [2.24, 2.45) is 5.41 Å². The molecule has 0 bridgehead atoms. The van der Waals surface area contributed by atoms with E-state index in [4.69, 9.17) is 19.9 Å². The Bertz CT molecular complexity index is 2940. The van der Waals surface area contributed by atoms with Gasteiger partial charge in [-0.25, -0.2) is 15.0 Å². The number of rotatable bonds is 6. The maximum Gasteiger partial charge on any atom is 0.165 e.